The number of halogens is 4. The maximum atomic E-state index is 5.44. The zero-order valence-corrected chi connectivity index (χ0v) is 9.15. The summed E-state index contributed by atoms with van der Waals surface area (Å²) in [5.74, 6) is 0. The third-order valence-corrected chi connectivity index (χ3v) is 0. The predicted octanol–water partition coefficient (Wildman–Crippen LogP) is 2.85. The van der Waals surface area contributed by atoms with Gasteiger partial charge >= 0.3 is 58.9 Å². The van der Waals surface area contributed by atoms with Gasteiger partial charge in [-0.15, -0.1) is 0 Å². The van der Waals surface area contributed by atoms with E-state index >= 15 is 0 Å². The molecule has 0 aliphatic carbocycles. The fraction of sp³-hybridized carbons (Fsp3) is 0. The Bertz CT molecular complexity index is 22.4. The number of rotatable bonds is 0. The van der Waals surface area contributed by atoms with E-state index in [1.54, 1.807) is 0 Å². The van der Waals surface area contributed by atoms with Gasteiger partial charge in [0.2, 0.25) is 0 Å². The fourth-order valence-corrected chi connectivity index (χ4v) is 0. The topological polar surface area (TPSA) is 0 Å². The molecule has 34 valence electrons. The van der Waals surface area contributed by atoms with E-state index < -0.39 is 6.51 Å². The van der Waals surface area contributed by atoms with Crippen LogP contribution in [0.2, 0.25) is 0 Å². The molecule has 0 rings (SSSR count). The second-order valence-electron chi connectivity index (χ2n) is 0.350. The Kier molecular flexibility index (Phi) is 3.67. The van der Waals surface area contributed by atoms with Gasteiger partial charge in [-0.1, -0.05) is 0 Å². The van der Waals surface area contributed by atoms with E-state index in [2.05, 4.69) is 42.3 Å². The number of hydrogen-bond donors (Lipinski definition) is 0. The van der Waals surface area contributed by atoms with E-state index in [0.717, 1.165) is 0 Å². The Morgan fingerprint density at radius 1 is 1.20 bits per heavy atom. The van der Waals surface area contributed by atoms with E-state index in [1.807, 2.05) is 0 Å². The van der Waals surface area contributed by atoms with Gasteiger partial charge in [0.1, 0.15) is 0 Å². The van der Waals surface area contributed by atoms with Crippen LogP contribution in [-0.4, -0.2) is 6.51 Å². The van der Waals surface area contributed by atoms with Crippen LogP contribution in [0.4, 0.5) is 0 Å². The molecule has 0 amide bonds. The van der Waals surface area contributed by atoms with Gasteiger partial charge in [-0.05, 0) is 0 Å². The molecule has 5 heteroatoms. The minimum atomic E-state index is -1.84. The van der Waals surface area contributed by atoms with Gasteiger partial charge in [0.15, 0.2) is 0 Å². The molecule has 0 aliphatic heterocycles. The Morgan fingerprint density at radius 2 is 1.20 bits per heavy atom. The summed E-state index contributed by atoms with van der Waals surface area (Å²) < 4.78 is 0. The van der Waals surface area contributed by atoms with Crippen molar-refractivity contribution in [2.45, 2.75) is 0 Å². The molecule has 0 bridgehead atoms. The van der Waals surface area contributed by atoms with Crippen molar-refractivity contribution < 1.29 is 0 Å². The Hall–Kier alpha value is 2.25. The van der Waals surface area contributed by atoms with E-state index in [1.165, 1.54) is 0 Å². The van der Waals surface area contributed by atoms with E-state index in [4.69, 9.17) is 10.1 Å². The molecule has 0 saturated carbocycles. The molecule has 0 N–H and O–H groups in total. The van der Waals surface area contributed by atoms with Crippen molar-refractivity contribution in [3.05, 3.63) is 0 Å². The first-order valence-electron chi connectivity index (χ1n) is 0.617. The summed E-state index contributed by atoms with van der Waals surface area (Å²) in [5.41, 5.74) is 0. The van der Waals surface area contributed by atoms with Crippen molar-refractivity contribution in [3.8, 4) is 0 Å². The molecule has 0 saturated heterocycles. The van der Waals surface area contributed by atoms with Crippen LogP contribution in [0, 0.1) is 0 Å². The predicted molar refractivity (Wildman–Crippen MR) is 38.4 cm³/mol. The van der Waals surface area contributed by atoms with Crippen LogP contribution in [-0.2, 0) is 0 Å². The van der Waals surface area contributed by atoms with Gasteiger partial charge < -0.3 is 0 Å². The molecule has 0 aromatic carbocycles. The van der Waals surface area contributed by atoms with Crippen molar-refractivity contribution >= 4 is 58.9 Å². The van der Waals surface area contributed by atoms with Crippen molar-refractivity contribution in [1.82, 2.24) is 0 Å². The van der Waals surface area contributed by atoms with Crippen LogP contribution in [0.15, 0.2) is 0 Å². The van der Waals surface area contributed by atoms with Gasteiger partial charge in [-0.3, -0.25) is 0 Å². The van der Waals surface area contributed by atoms with E-state index in [9.17, 15) is 0 Å². The van der Waals surface area contributed by atoms with Crippen LogP contribution >= 0.6 is 52.4 Å². The molecular weight excluding hydrogens is 354 g/mol. The van der Waals surface area contributed by atoms with Crippen LogP contribution in [0.5, 0.6) is 0 Å². The summed E-state index contributed by atoms with van der Waals surface area (Å²) >= 11 is 9.39. The van der Waals surface area contributed by atoms with Gasteiger partial charge in [-0.25, -0.2) is 0 Å². The Labute approximate surface area is 58.2 Å². The summed E-state index contributed by atoms with van der Waals surface area (Å²) in [6.45, 7) is -1.84. The summed E-state index contributed by atoms with van der Waals surface area (Å²) in [6.07, 6.45) is 0. The molecule has 0 atom stereocenters. The van der Waals surface area contributed by atoms with Crippen molar-refractivity contribution in [2.75, 3.05) is 0 Å². The zero-order valence-electron chi connectivity index (χ0n) is 1.92. The van der Waals surface area contributed by atoms with Gasteiger partial charge in [0.25, 0.3) is 0 Å². The summed E-state index contributed by atoms with van der Waals surface area (Å²) in [7, 11) is 5.44. The first-order chi connectivity index (χ1) is 2.00. The van der Waals surface area contributed by atoms with Crippen molar-refractivity contribution in [2.24, 2.45) is 0 Å². The second kappa shape index (κ2) is 2.53. The monoisotopic (exact) mass is 352 g/mol. The van der Waals surface area contributed by atoms with E-state index in [-0.39, 0.29) is 0 Å². The molecule has 0 radical (unpaired) electrons. The zero-order chi connectivity index (χ0) is 4.50. The Balaban J connectivity index is 3.02. The quantitative estimate of drug-likeness (QED) is 0.587. The van der Waals surface area contributed by atoms with Crippen LogP contribution in [0.1, 0.15) is 0 Å². The molecule has 0 nitrogen and oxygen atoms in total. The first kappa shape index (κ1) is 7.25. The molecule has 0 aliphatic rings. The van der Waals surface area contributed by atoms with Crippen LogP contribution < -0.4 is 0 Å². The molecule has 0 aromatic heterocycles. The average molecular weight is 354 g/mol. The summed E-state index contributed by atoms with van der Waals surface area (Å²) in [5, 5.41) is 0. The van der Waals surface area contributed by atoms with Crippen molar-refractivity contribution in [3.63, 3.8) is 0 Å². The van der Waals surface area contributed by atoms with E-state index in [0.29, 0.717) is 0 Å². The molecule has 0 heterocycles. The molecule has 0 fully saturated rings. The third-order valence-electron chi connectivity index (χ3n) is 0. The molecule has 0 unspecified atom stereocenters. The molecular formula is Br3ClSe. The first-order valence-corrected chi connectivity index (χ1v) is 14.9. The summed E-state index contributed by atoms with van der Waals surface area (Å²) in [6, 6.07) is 0. The average Bonchev–Trinajstić information content (AvgIpc) is 0.722. The third kappa shape index (κ3) is 22.3. The van der Waals surface area contributed by atoms with Gasteiger partial charge in [-0.2, -0.15) is 0 Å². The van der Waals surface area contributed by atoms with Crippen molar-refractivity contribution in [1.29, 1.82) is 0 Å². The molecule has 5 heavy (non-hydrogen) atoms. The SMILES string of the molecule is Cl[Se](Br)(Br)Br. The van der Waals surface area contributed by atoms with Crippen LogP contribution in [0.25, 0.3) is 0 Å². The van der Waals surface area contributed by atoms with Gasteiger partial charge in [0, 0.05) is 0 Å². The Morgan fingerprint density at radius 3 is 1.20 bits per heavy atom. The number of hydrogen-bond acceptors (Lipinski definition) is 0. The molecule has 0 aromatic rings. The minimum absolute atomic E-state index is 1.84. The van der Waals surface area contributed by atoms with Gasteiger partial charge in [0.05, 0.1) is 0 Å². The summed E-state index contributed by atoms with van der Waals surface area (Å²) in [4.78, 5) is 0. The van der Waals surface area contributed by atoms with Crippen LogP contribution in [0.3, 0.4) is 0 Å². The standard InChI is InChI=1S/Br3ClSe/c1-5(2,3)4. The maximum absolute atomic E-state index is 5.44. The normalized spacial score (nSPS) is 15.2. The molecule has 0 spiro atoms. The fourth-order valence-electron chi connectivity index (χ4n) is 0. The second-order valence-corrected chi connectivity index (χ2v) is 38.7.